The zero-order valence-corrected chi connectivity index (χ0v) is 14.0. The van der Waals surface area contributed by atoms with Gasteiger partial charge in [0.2, 0.25) is 0 Å². The standard InChI is InChI=1S/C17H33NO3/c1-4-17(3)15(12-16(17)20-5-2)18-9-7-10-19-13-14-8-6-11-21-14/h14-16,18H,4-13H2,1-3H3. The van der Waals surface area contributed by atoms with E-state index in [1.165, 1.54) is 12.8 Å². The van der Waals surface area contributed by atoms with Crippen molar-refractivity contribution in [2.75, 3.05) is 33.0 Å². The van der Waals surface area contributed by atoms with Crippen LogP contribution in [-0.4, -0.2) is 51.2 Å². The van der Waals surface area contributed by atoms with Gasteiger partial charge in [0.05, 0.1) is 18.8 Å². The van der Waals surface area contributed by atoms with E-state index in [2.05, 4.69) is 26.1 Å². The van der Waals surface area contributed by atoms with E-state index in [1.54, 1.807) is 0 Å². The van der Waals surface area contributed by atoms with Crippen molar-refractivity contribution in [1.82, 2.24) is 5.32 Å². The summed E-state index contributed by atoms with van der Waals surface area (Å²) in [5.41, 5.74) is 0.300. The Kier molecular flexibility index (Phi) is 6.93. The van der Waals surface area contributed by atoms with Gasteiger partial charge in [0.1, 0.15) is 0 Å². The SMILES string of the molecule is CCOC1CC(NCCCOCC2CCCO2)C1(C)CC. The first-order valence-corrected chi connectivity index (χ1v) is 8.75. The van der Waals surface area contributed by atoms with Crippen LogP contribution in [0.3, 0.4) is 0 Å². The molecule has 0 aromatic heterocycles. The van der Waals surface area contributed by atoms with Gasteiger partial charge in [-0.1, -0.05) is 13.8 Å². The third-order valence-electron chi connectivity index (χ3n) is 5.29. The maximum atomic E-state index is 5.84. The van der Waals surface area contributed by atoms with E-state index in [1.807, 2.05) is 0 Å². The number of ether oxygens (including phenoxy) is 3. The van der Waals surface area contributed by atoms with E-state index in [0.717, 1.165) is 52.2 Å². The summed E-state index contributed by atoms with van der Waals surface area (Å²) < 4.78 is 17.1. The Morgan fingerprint density at radius 1 is 1.33 bits per heavy atom. The molecular formula is C17H33NO3. The second kappa shape index (κ2) is 8.47. The largest absolute Gasteiger partial charge is 0.379 e. The summed E-state index contributed by atoms with van der Waals surface area (Å²) >= 11 is 0. The first-order valence-electron chi connectivity index (χ1n) is 8.75. The highest BCUT2D eigenvalue weighted by atomic mass is 16.5. The molecule has 21 heavy (non-hydrogen) atoms. The van der Waals surface area contributed by atoms with Gasteiger partial charge in [-0.05, 0) is 45.6 Å². The first-order chi connectivity index (χ1) is 10.2. The lowest BCUT2D eigenvalue weighted by atomic mass is 9.61. The van der Waals surface area contributed by atoms with E-state index < -0.39 is 0 Å². The maximum Gasteiger partial charge on any atom is 0.0809 e. The summed E-state index contributed by atoms with van der Waals surface area (Å²) in [6.45, 7) is 11.1. The summed E-state index contributed by atoms with van der Waals surface area (Å²) in [6.07, 6.45) is 6.52. The third-order valence-corrected chi connectivity index (χ3v) is 5.29. The van der Waals surface area contributed by atoms with Gasteiger partial charge in [-0.15, -0.1) is 0 Å². The molecule has 1 heterocycles. The molecular weight excluding hydrogens is 266 g/mol. The van der Waals surface area contributed by atoms with E-state index in [9.17, 15) is 0 Å². The molecule has 4 nitrogen and oxygen atoms in total. The molecule has 4 unspecified atom stereocenters. The molecule has 0 aromatic carbocycles. The van der Waals surface area contributed by atoms with Crippen LogP contribution in [-0.2, 0) is 14.2 Å². The van der Waals surface area contributed by atoms with Crippen LogP contribution in [0.15, 0.2) is 0 Å². The Morgan fingerprint density at radius 3 is 2.86 bits per heavy atom. The Bertz CT molecular complexity index is 294. The van der Waals surface area contributed by atoms with E-state index in [4.69, 9.17) is 14.2 Å². The predicted octanol–water partition coefficient (Wildman–Crippen LogP) is 2.76. The molecule has 1 aliphatic heterocycles. The van der Waals surface area contributed by atoms with Crippen molar-refractivity contribution in [2.45, 2.75) is 71.1 Å². The summed E-state index contributed by atoms with van der Waals surface area (Å²) in [5, 5.41) is 3.69. The zero-order valence-electron chi connectivity index (χ0n) is 14.0. The fourth-order valence-electron chi connectivity index (χ4n) is 3.51. The van der Waals surface area contributed by atoms with Crippen LogP contribution >= 0.6 is 0 Å². The normalized spacial score (nSPS) is 35.9. The van der Waals surface area contributed by atoms with Gasteiger partial charge >= 0.3 is 0 Å². The Labute approximate surface area is 129 Å². The van der Waals surface area contributed by atoms with Crippen LogP contribution in [0.1, 0.15) is 52.9 Å². The molecule has 1 N–H and O–H groups in total. The molecule has 4 heteroatoms. The fourth-order valence-corrected chi connectivity index (χ4v) is 3.51. The quantitative estimate of drug-likeness (QED) is 0.630. The topological polar surface area (TPSA) is 39.7 Å². The highest BCUT2D eigenvalue weighted by Crippen LogP contribution is 2.45. The number of rotatable bonds is 10. The molecule has 0 radical (unpaired) electrons. The number of hydrogen-bond donors (Lipinski definition) is 1. The minimum Gasteiger partial charge on any atom is -0.379 e. The van der Waals surface area contributed by atoms with Gasteiger partial charge in [-0.3, -0.25) is 0 Å². The predicted molar refractivity (Wildman–Crippen MR) is 84.6 cm³/mol. The zero-order chi connectivity index (χ0) is 15.1. The monoisotopic (exact) mass is 299 g/mol. The van der Waals surface area contributed by atoms with E-state index >= 15 is 0 Å². The van der Waals surface area contributed by atoms with Gasteiger partial charge in [-0.25, -0.2) is 0 Å². The van der Waals surface area contributed by atoms with E-state index in [-0.39, 0.29) is 0 Å². The van der Waals surface area contributed by atoms with Crippen LogP contribution in [0.25, 0.3) is 0 Å². The molecule has 1 aliphatic carbocycles. The molecule has 2 fully saturated rings. The molecule has 124 valence electrons. The minimum atomic E-state index is 0.300. The lowest BCUT2D eigenvalue weighted by Crippen LogP contribution is -2.62. The smallest absolute Gasteiger partial charge is 0.0809 e. The molecule has 1 saturated heterocycles. The van der Waals surface area contributed by atoms with Crippen LogP contribution in [0.4, 0.5) is 0 Å². The molecule has 0 amide bonds. The number of nitrogens with one attached hydrogen (secondary N) is 1. The average Bonchev–Trinajstić information content (AvgIpc) is 3.00. The Balaban J connectivity index is 1.52. The lowest BCUT2D eigenvalue weighted by molar-refractivity contribution is -0.125. The van der Waals surface area contributed by atoms with Crippen LogP contribution in [0.2, 0.25) is 0 Å². The Morgan fingerprint density at radius 2 is 2.19 bits per heavy atom. The average molecular weight is 299 g/mol. The fraction of sp³-hybridized carbons (Fsp3) is 1.00. The van der Waals surface area contributed by atoms with Crippen LogP contribution in [0.5, 0.6) is 0 Å². The molecule has 2 rings (SSSR count). The summed E-state index contributed by atoms with van der Waals surface area (Å²) in [6, 6.07) is 0.595. The van der Waals surface area contributed by atoms with Crippen molar-refractivity contribution in [3.63, 3.8) is 0 Å². The lowest BCUT2D eigenvalue weighted by Gasteiger charge is -2.53. The molecule has 0 spiro atoms. The molecule has 2 aliphatic rings. The van der Waals surface area contributed by atoms with Gasteiger partial charge in [0.25, 0.3) is 0 Å². The highest BCUT2D eigenvalue weighted by Gasteiger charge is 2.50. The summed E-state index contributed by atoms with van der Waals surface area (Å²) in [4.78, 5) is 0. The summed E-state index contributed by atoms with van der Waals surface area (Å²) in [7, 11) is 0. The van der Waals surface area contributed by atoms with Gasteiger partial charge < -0.3 is 19.5 Å². The Hall–Kier alpha value is -0.160. The second-order valence-electron chi connectivity index (χ2n) is 6.61. The van der Waals surface area contributed by atoms with Crippen molar-refractivity contribution >= 4 is 0 Å². The first kappa shape index (κ1) is 17.2. The molecule has 0 bridgehead atoms. The highest BCUT2D eigenvalue weighted by molar-refractivity contribution is 5.04. The van der Waals surface area contributed by atoms with Crippen LogP contribution in [0, 0.1) is 5.41 Å². The summed E-state index contributed by atoms with van der Waals surface area (Å²) in [5.74, 6) is 0. The number of hydrogen-bond acceptors (Lipinski definition) is 4. The molecule has 4 atom stereocenters. The van der Waals surface area contributed by atoms with Gasteiger partial charge in [0, 0.05) is 31.3 Å². The van der Waals surface area contributed by atoms with Crippen molar-refractivity contribution in [3.8, 4) is 0 Å². The maximum absolute atomic E-state index is 5.84. The van der Waals surface area contributed by atoms with Crippen molar-refractivity contribution in [1.29, 1.82) is 0 Å². The van der Waals surface area contributed by atoms with Crippen LogP contribution < -0.4 is 5.32 Å². The van der Waals surface area contributed by atoms with Gasteiger partial charge in [-0.2, -0.15) is 0 Å². The second-order valence-corrected chi connectivity index (χ2v) is 6.61. The van der Waals surface area contributed by atoms with E-state index in [0.29, 0.717) is 23.7 Å². The van der Waals surface area contributed by atoms with Crippen molar-refractivity contribution in [3.05, 3.63) is 0 Å². The van der Waals surface area contributed by atoms with Gasteiger partial charge in [0.15, 0.2) is 0 Å². The molecule has 1 saturated carbocycles. The van der Waals surface area contributed by atoms with Crippen molar-refractivity contribution < 1.29 is 14.2 Å². The molecule has 0 aromatic rings. The third kappa shape index (κ3) is 4.41. The minimum absolute atomic E-state index is 0.300. The van der Waals surface area contributed by atoms with Crippen molar-refractivity contribution in [2.24, 2.45) is 5.41 Å².